The summed E-state index contributed by atoms with van der Waals surface area (Å²) >= 11 is 0. The predicted octanol–water partition coefficient (Wildman–Crippen LogP) is -1.63. The molecule has 1 aromatic heterocycles. The first kappa shape index (κ1) is 78.8. The summed E-state index contributed by atoms with van der Waals surface area (Å²) in [6.45, 7) is 5.60. The SMILES string of the molecule is CC(C)C(NC(=O)[C@@H](CCCCNC(=O)COC1CCCCCc2c1nnn2[C@H]1O[C@H](CO)[C@@H](O[C@H]2O[C@H](CO)[C@@H](O)[C@H](O)[C@H]2O)[C@H](O)[C@H]1O)NC(=O)CCOCCOCCOCCOCCNC(=O)CCC(=O)N1Cc2ccccc2C#Cc2ccccc21)C(=O)N[C@@H](C)C(=O)P. The molecule has 1 aliphatic carbocycles. The molecule has 2 aromatic carbocycles. The molecule has 98 heavy (non-hydrogen) atoms. The Hall–Kier alpha value is -6.54. The number of carbonyl (C=O) groups excluding carboxylic acids is 7. The van der Waals surface area contributed by atoms with Crippen LogP contribution in [0.5, 0.6) is 0 Å². The van der Waals surface area contributed by atoms with Crippen LogP contribution >= 0.6 is 9.24 Å². The summed E-state index contributed by atoms with van der Waals surface area (Å²) in [5, 5.41) is 96.1. The highest BCUT2D eigenvalue weighted by Crippen LogP contribution is 2.37. The van der Waals surface area contributed by atoms with Gasteiger partial charge in [-0.3, -0.25) is 33.6 Å². The highest BCUT2D eigenvalue weighted by molar-refractivity contribution is 7.40. The Morgan fingerprint density at radius 3 is 2.03 bits per heavy atom. The molecule has 2 saturated heterocycles. The van der Waals surface area contributed by atoms with E-state index in [1.165, 1.54) is 11.6 Å². The number of para-hydroxylation sites is 1. The lowest BCUT2D eigenvalue weighted by atomic mass is 9.95. The average Bonchev–Trinajstić information content (AvgIpc) is 1.45. The van der Waals surface area contributed by atoms with Gasteiger partial charge in [0, 0.05) is 43.5 Å². The van der Waals surface area contributed by atoms with Gasteiger partial charge in [0.15, 0.2) is 18.0 Å². The highest BCUT2D eigenvalue weighted by atomic mass is 31.0. The second-order valence-corrected chi connectivity index (χ2v) is 25.1. The third kappa shape index (κ3) is 23.3. The zero-order valence-corrected chi connectivity index (χ0v) is 56.7. The normalized spacial score (nSPS) is 23.9. The third-order valence-corrected chi connectivity index (χ3v) is 17.5. The van der Waals surface area contributed by atoms with Crippen LogP contribution in [-0.2, 0) is 84.4 Å². The number of ether oxygens (including phenoxy) is 8. The molecule has 4 aliphatic rings. The van der Waals surface area contributed by atoms with E-state index >= 15 is 0 Å². The number of nitrogens with zero attached hydrogens (tertiary/aromatic N) is 4. The number of unbranched alkanes of at least 4 members (excludes halogenated alkanes) is 1. The largest absolute Gasteiger partial charge is 0.394 e. The Bertz CT molecular complexity index is 3130. The molecule has 15 atom stereocenters. The maximum absolute atomic E-state index is 13.9. The molecule has 4 heterocycles. The number of hydrogen-bond donors (Lipinski definition) is 12. The number of hydrogen-bond acceptors (Lipinski definition) is 24. The standard InChI is InChI=1S/C66H96N9O22P/c1-39(2)54(63(88)69-40(3)65(89)98)71-62(87)44(70-51(79)24-27-90-29-31-92-33-34-93-32-30-91-28-26-68-50(78)22-23-53(81)74-35-43-15-8-7-13-41(43)20-21-42-14-9-10-17-45(42)74)16-11-12-25-67-52(80)38-94-47-19-6-4-5-18-46-55(47)72-73-75(46)64-59(85)58(84)61(49(37-77)95-64)97-66-60(86)57(83)56(82)48(36-76)96-66/h7-10,13-15,17,39-40,44,47-49,54,56-61,64,66,76-77,82-86H,4-6,11-12,16,18-19,22-38,98H2,1-3H3,(H,67,80)(H,68,78)(H,69,88)(H,70,79)(H,71,87)/t40-,44+,47?,48+,49+,54?,56+,57-,58+,59+,60+,61+,64-,66+/m0/s1. The fourth-order valence-electron chi connectivity index (χ4n) is 11.4. The minimum absolute atomic E-state index is 0.00459. The van der Waals surface area contributed by atoms with Gasteiger partial charge in [0.05, 0.1) is 90.0 Å². The number of carbonyl (C=O) groups is 7. The molecular formula is C66H96N9O22P. The Morgan fingerprint density at radius 2 is 1.33 bits per heavy atom. The number of rotatable bonds is 38. The number of benzene rings is 2. The van der Waals surface area contributed by atoms with E-state index in [-0.39, 0.29) is 116 Å². The molecule has 32 heteroatoms. The first-order valence-corrected chi connectivity index (χ1v) is 34.0. The fraction of sp³-hybridized carbons (Fsp3) is 0.652. The fourth-order valence-corrected chi connectivity index (χ4v) is 11.4. The summed E-state index contributed by atoms with van der Waals surface area (Å²) in [7, 11) is 2.01. The summed E-state index contributed by atoms with van der Waals surface area (Å²) in [4.78, 5) is 93.3. The summed E-state index contributed by atoms with van der Waals surface area (Å²) in [5.74, 6) is 3.35. The molecule has 12 N–H and O–H groups in total. The van der Waals surface area contributed by atoms with Gasteiger partial charge in [-0.25, -0.2) is 4.68 Å². The van der Waals surface area contributed by atoms with Gasteiger partial charge in [-0.2, -0.15) is 0 Å². The second-order valence-electron chi connectivity index (χ2n) is 24.6. The van der Waals surface area contributed by atoms with Gasteiger partial charge in [0.25, 0.3) is 0 Å². The van der Waals surface area contributed by atoms with Gasteiger partial charge < -0.3 is 105 Å². The molecule has 31 nitrogen and oxygen atoms in total. The van der Waals surface area contributed by atoms with Crippen molar-refractivity contribution in [2.45, 2.75) is 184 Å². The van der Waals surface area contributed by atoms with Crippen molar-refractivity contribution >= 4 is 55.9 Å². The number of fused-ring (bicyclic) bond motifs is 3. The topological polar surface area (TPSA) is 429 Å². The third-order valence-electron chi connectivity index (χ3n) is 17.0. The minimum Gasteiger partial charge on any atom is -0.394 e. The molecular weight excluding hydrogens is 1300 g/mol. The second kappa shape index (κ2) is 40.6. The van der Waals surface area contributed by atoms with Crippen LogP contribution in [-0.4, -0.2) is 251 Å². The molecule has 0 radical (unpaired) electrons. The van der Waals surface area contributed by atoms with Crippen LogP contribution in [0, 0.1) is 17.8 Å². The number of nitrogens with one attached hydrogen (secondary N) is 5. The lowest BCUT2D eigenvalue weighted by Crippen LogP contribution is -2.63. The van der Waals surface area contributed by atoms with Crippen LogP contribution in [0.1, 0.15) is 125 Å². The molecule has 0 bridgehead atoms. The van der Waals surface area contributed by atoms with E-state index in [0.29, 0.717) is 55.7 Å². The van der Waals surface area contributed by atoms with Crippen molar-refractivity contribution in [2.24, 2.45) is 5.92 Å². The first-order chi connectivity index (χ1) is 47.2. The van der Waals surface area contributed by atoms with Crippen LogP contribution in [0.2, 0.25) is 0 Å². The van der Waals surface area contributed by atoms with Gasteiger partial charge >= 0.3 is 0 Å². The van der Waals surface area contributed by atoms with E-state index in [2.05, 4.69) is 48.7 Å². The number of amides is 6. The highest BCUT2D eigenvalue weighted by Gasteiger charge is 2.52. The lowest BCUT2D eigenvalue weighted by Gasteiger charge is -2.46. The van der Waals surface area contributed by atoms with E-state index in [4.69, 9.17) is 37.9 Å². The first-order valence-electron chi connectivity index (χ1n) is 33.4. The van der Waals surface area contributed by atoms with Crippen molar-refractivity contribution in [3.8, 4) is 11.8 Å². The lowest BCUT2D eigenvalue weighted by molar-refractivity contribution is -0.347. The molecule has 3 aliphatic heterocycles. The number of aromatic nitrogens is 3. The van der Waals surface area contributed by atoms with Gasteiger partial charge in [0.1, 0.15) is 79.3 Å². The Kier molecular flexibility index (Phi) is 32.7. The monoisotopic (exact) mass is 1400 g/mol. The van der Waals surface area contributed by atoms with Gasteiger partial charge in [-0.05, 0) is 75.1 Å². The van der Waals surface area contributed by atoms with Crippen LogP contribution in [0.4, 0.5) is 5.69 Å². The predicted molar refractivity (Wildman–Crippen MR) is 351 cm³/mol. The van der Waals surface area contributed by atoms with Crippen LogP contribution in [0.25, 0.3) is 0 Å². The Morgan fingerprint density at radius 1 is 0.663 bits per heavy atom. The van der Waals surface area contributed by atoms with Crippen molar-refractivity contribution in [1.82, 2.24) is 41.6 Å². The van der Waals surface area contributed by atoms with Crippen LogP contribution in [0.3, 0.4) is 0 Å². The zero-order chi connectivity index (χ0) is 70.7. The summed E-state index contributed by atoms with van der Waals surface area (Å²) < 4.78 is 46.9. The van der Waals surface area contributed by atoms with E-state index in [1.54, 1.807) is 18.7 Å². The Balaban J connectivity index is 0.780. The van der Waals surface area contributed by atoms with E-state index in [0.717, 1.165) is 29.5 Å². The van der Waals surface area contributed by atoms with Crippen LogP contribution in [0.15, 0.2) is 48.5 Å². The van der Waals surface area contributed by atoms with Gasteiger partial charge in [-0.1, -0.05) is 83.3 Å². The van der Waals surface area contributed by atoms with Crippen LogP contribution < -0.4 is 31.5 Å². The van der Waals surface area contributed by atoms with Crippen molar-refractivity contribution in [1.29, 1.82) is 0 Å². The van der Waals surface area contributed by atoms with Gasteiger partial charge in [0.2, 0.25) is 35.4 Å². The Labute approximate surface area is 571 Å². The minimum atomic E-state index is -1.84. The maximum Gasteiger partial charge on any atom is 0.246 e. The molecule has 0 spiro atoms. The van der Waals surface area contributed by atoms with E-state index in [9.17, 15) is 69.3 Å². The molecule has 0 saturated carbocycles. The van der Waals surface area contributed by atoms with Crippen molar-refractivity contribution in [3.63, 3.8) is 0 Å². The molecule has 2 fully saturated rings. The molecule has 3 unspecified atom stereocenters. The average molecular weight is 1400 g/mol. The van der Waals surface area contributed by atoms with E-state index < -0.39 is 128 Å². The molecule has 3 aromatic rings. The quantitative estimate of drug-likeness (QED) is 0.0174. The summed E-state index contributed by atoms with van der Waals surface area (Å²) in [5.41, 5.74) is 3.73. The zero-order valence-electron chi connectivity index (χ0n) is 55.6. The summed E-state index contributed by atoms with van der Waals surface area (Å²) in [6, 6.07) is 12.2. The molecule has 7 rings (SSSR count). The smallest absolute Gasteiger partial charge is 0.246 e. The van der Waals surface area contributed by atoms with E-state index in [1.807, 2.05) is 57.8 Å². The summed E-state index contributed by atoms with van der Waals surface area (Å²) in [6.07, 6.45) is -13.1. The molecule has 542 valence electrons. The van der Waals surface area contributed by atoms with Crippen molar-refractivity contribution < 1.29 is 107 Å². The number of aliphatic hydroxyl groups excluding tert-OH is 7. The maximum atomic E-state index is 13.9. The number of aliphatic hydroxyl groups is 7. The van der Waals surface area contributed by atoms with Crippen molar-refractivity contribution in [2.75, 3.05) is 90.7 Å². The van der Waals surface area contributed by atoms with Crippen molar-refractivity contribution in [3.05, 3.63) is 76.6 Å². The number of anilines is 1. The van der Waals surface area contributed by atoms with Gasteiger partial charge in [-0.15, -0.1) is 5.10 Å². The molecule has 6 amide bonds.